The predicted octanol–water partition coefficient (Wildman–Crippen LogP) is 1.50. The first-order valence-corrected chi connectivity index (χ1v) is 6.46. The van der Waals surface area contributed by atoms with E-state index in [-0.39, 0.29) is 18.1 Å². The number of hydrogen-bond acceptors (Lipinski definition) is 5. The zero-order chi connectivity index (χ0) is 15.0. The van der Waals surface area contributed by atoms with E-state index in [1.54, 1.807) is 18.2 Å². The second-order valence-corrected chi connectivity index (χ2v) is 4.88. The summed E-state index contributed by atoms with van der Waals surface area (Å²) in [5.74, 6) is -0.412. The molecule has 0 saturated heterocycles. The fourth-order valence-corrected chi connectivity index (χ4v) is 2.45. The number of nitro benzene ring substituents is 1. The van der Waals surface area contributed by atoms with E-state index in [4.69, 9.17) is 5.11 Å². The first-order chi connectivity index (χ1) is 10.1. The Bertz CT molecular complexity index is 725. The molecule has 0 aliphatic carbocycles. The molecule has 8 nitrogen and oxygen atoms in total. The lowest BCUT2D eigenvalue weighted by Gasteiger charge is -2.18. The van der Waals surface area contributed by atoms with E-state index in [0.717, 1.165) is 0 Å². The number of carbonyl (C=O) groups is 1. The van der Waals surface area contributed by atoms with Crippen molar-refractivity contribution in [3.8, 4) is 11.4 Å². The van der Waals surface area contributed by atoms with E-state index in [1.165, 1.54) is 10.7 Å². The average molecular weight is 288 g/mol. The van der Waals surface area contributed by atoms with Gasteiger partial charge in [0.25, 0.3) is 5.69 Å². The molecule has 1 unspecified atom stereocenters. The second kappa shape index (κ2) is 4.97. The summed E-state index contributed by atoms with van der Waals surface area (Å²) in [5.41, 5.74) is 0.284. The van der Waals surface area contributed by atoms with Crippen molar-refractivity contribution in [2.75, 3.05) is 0 Å². The average Bonchev–Trinajstić information content (AvgIpc) is 2.89. The molecule has 2 heterocycles. The van der Waals surface area contributed by atoms with Crippen molar-refractivity contribution < 1.29 is 14.8 Å². The number of carboxylic acids is 1. The van der Waals surface area contributed by atoms with Crippen LogP contribution in [0.5, 0.6) is 0 Å². The van der Waals surface area contributed by atoms with Gasteiger partial charge in [-0.1, -0.05) is 12.1 Å². The molecule has 3 rings (SSSR count). The summed E-state index contributed by atoms with van der Waals surface area (Å²) < 4.78 is 1.54. The monoisotopic (exact) mass is 288 g/mol. The molecule has 21 heavy (non-hydrogen) atoms. The Balaban J connectivity index is 2.00. The van der Waals surface area contributed by atoms with E-state index in [9.17, 15) is 14.9 Å². The first kappa shape index (κ1) is 13.2. The Morgan fingerprint density at radius 3 is 2.90 bits per heavy atom. The first-order valence-electron chi connectivity index (χ1n) is 6.46. The summed E-state index contributed by atoms with van der Waals surface area (Å²) in [5, 5.41) is 24.3. The molecule has 1 aromatic heterocycles. The van der Waals surface area contributed by atoms with Gasteiger partial charge in [0, 0.05) is 12.5 Å². The lowest BCUT2D eigenvalue weighted by Crippen LogP contribution is -2.27. The van der Waals surface area contributed by atoms with Crippen LogP contribution in [0.2, 0.25) is 0 Å². The summed E-state index contributed by atoms with van der Waals surface area (Å²) in [7, 11) is 0. The molecule has 0 radical (unpaired) electrons. The van der Waals surface area contributed by atoms with Gasteiger partial charge in [0.15, 0.2) is 5.82 Å². The van der Waals surface area contributed by atoms with Gasteiger partial charge in [0.1, 0.15) is 5.82 Å². The number of aliphatic carboxylic acids is 1. The highest BCUT2D eigenvalue weighted by molar-refractivity contribution is 5.70. The van der Waals surface area contributed by atoms with E-state index >= 15 is 0 Å². The Morgan fingerprint density at radius 2 is 2.19 bits per heavy atom. The van der Waals surface area contributed by atoms with Crippen molar-refractivity contribution in [2.24, 2.45) is 5.92 Å². The van der Waals surface area contributed by atoms with Crippen LogP contribution in [0, 0.1) is 16.0 Å². The molecule has 0 spiro atoms. The molecule has 2 aromatic rings. The molecule has 1 N–H and O–H groups in total. The molecule has 1 aliphatic rings. The molecule has 0 amide bonds. The summed E-state index contributed by atoms with van der Waals surface area (Å²) in [6, 6.07) is 6.25. The lowest BCUT2D eigenvalue weighted by molar-refractivity contribution is -0.384. The standard InChI is InChI=1S/C13H12N4O4/c18-13(19)8-5-6-11-14-12(15-16(11)7-8)9-3-1-2-4-10(9)17(20)21/h1-4,8H,5-7H2,(H,18,19). The summed E-state index contributed by atoms with van der Waals surface area (Å²) >= 11 is 0. The van der Waals surface area contributed by atoms with Gasteiger partial charge in [-0.2, -0.15) is 5.10 Å². The van der Waals surface area contributed by atoms with Crippen LogP contribution in [0.25, 0.3) is 11.4 Å². The highest BCUT2D eigenvalue weighted by atomic mass is 16.6. The number of hydrogen-bond donors (Lipinski definition) is 1. The topological polar surface area (TPSA) is 111 Å². The van der Waals surface area contributed by atoms with E-state index in [2.05, 4.69) is 10.1 Å². The molecular weight excluding hydrogens is 276 g/mol. The molecule has 0 saturated carbocycles. The highest BCUT2D eigenvalue weighted by Crippen LogP contribution is 2.28. The third-order valence-electron chi connectivity index (χ3n) is 3.55. The quantitative estimate of drug-likeness (QED) is 0.676. The van der Waals surface area contributed by atoms with Crippen molar-refractivity contribution in [3.05, 3.63) is 40.2 Å². The Hall–Kier alpha value is -2.77. The van der Waals surface area contributed by atoms with E-state index in [1.807, 2.05) is 0 Å². The third kappa shape index (κ3) is 2.35. The number of aryl methyl sites for hydroxylation is 1. The van der Waals surface area contributed by atoms with Gasteiger partial charge in [-0.05, 0) is 12.5 Å². The molecule has 108 valence electrons. The second-order valence-electron chi connectivity index (χ2n) is 4.88. The van der Waals surface area contributed by atoms with Gasteiger partial charge in [-0.15, -0.1) is 0 Å². The minimum absolute atomic E-state index is 0.0600. The Morgan fingerprint density at radius 1 is 1.43 bits per heavy atom. The molecule has 1 aromatic carbocycles. The maximum atomic E-state index is 11.0. The number of nitro groups is 1. The number of fused-ring (bicyclic) bond motifs is 1. The van der Waals surface area contributed by atoms with Crippen LogP contribution in [-0.2, 0) is 17.8 Å². The summed E-state index contributed by atoms with van der Waals surface area (Å²) in [6.45, 7) is 0.248. The maximum Gasteiger partial charge on any atom is 0.308 e. The van der Waals surface area contributed by atoms with Crippen molar-refractivity contribution in [1.29, 1.82) is 0 Å². The fourth-order valence-electron chi connectivity index (χ4n) is 2.45. The van der Waals surface area contributed by atoms with E-state index < -0.39 is 16.8 Å². The van der Waals surface area contributed by atoms with Crippen LogP contribution in [0.3, 0.4) is 0 Å². The van der Waals surface area contributed by atoms with Gasteiger partial charge in [-0.25, -0.2) is 9.67 Å². The lowest BCUT2D eigenvalue weighted by atomic mass is 10.0. The Kier molecular flexibility index (Phi) is 3.13. The molecule has 0 bridgehead atoms. The van der Waals surface area contributed by atoms with Crippen LogP contribution in [0.4, 0.5) is 5.69 Å². The van der Waals surface area contributed by atoms with Crippen LogP contribution in [-0.4, -0.2) is 30.8 Å². The predicted molar refractivity (Wildman–Crippen MR) is 71.6 cm³/mol. The van der Waals surface area contributed by atoms with Crippen LogP contribution in [0.15, 0.2) is 24.3 Å². The Labute approximate surface area is 119 Å². The highest BCUT2D eigenvalue weighted by Gasteiger charge is 2.28. The molecule has 1 atom stereocenters. The zero-order valence-electron chi connectivity index (χ0n) is 11.0. The SMILES string of the molecule is O=C(O)C1CCc2nc(-c3ccccc3[N+](=O)[O-])nn2C1. The number of para-hydroxylation sites is 1. The number of nitrogens with zero attached hydrogens (tertiary/aromatic N) is 4. The van der Waals surface area contributed by atoms with Gasteiger partial charge in [-0.3, -0.25) is 14.9 Å². The number of carboxylic acid groups (broad SMARTS) is 1. The van der Waals surface area contributed by atoms with Crippen LogP contribution in [0.1, 0.15) is 12.2 Å². The normalized spacial score (nSPS) is 17.2. The van der Waals surface area contributed by atoms with Gasteiger partial charge in [0.05, 0.1) is 22.9 Å². The fraction of sp³-hybridized carbons (Fsp3) is 0.308. The minimum Gasteiger partial charge on any atom is -0.481 e. The molecular formula is C13H12N4O4. The summed E-state index contributed by atoms with van der Waals surface area (Å²) in [6.07, 6.45) is 1.01. The minimum atomic E-state index is -0.858. The third-order valence-corrected chi connectivity index (χ3v) is 3.55. The number of rotatable bonds is 3. The van der Waals surface area contributed by atoms with Gasteiger partial charge in [0.2, 0.25) is 0 Å². The van der Waals surface area contributed by atoms with Crippen molar-refractivity contribution in [1.82, 2.24) is 14.8 Å². The van der Waals surface area contributed by atoms with E-state index in [0.29, 0.717) is 24.2 Å². The van der Waals surface area contributed by atoms with Gasteiger partial charge >= 0.3 is 5.97 Å². The largest absolute Gasteiger partial charge is 0.481 e. The summed E-state index contributed by atoms with van der Waals surface area (Å²) in [4.78, 5) is 25.9. The van der Waals surface area contributed by atoms with Crippen molar-refractivity contribution in [3.63, 3.8) is 0 Å². The molecule has 1 aliphatic heterocycles. The molecule has 0 fully saturated rings. The van der Waals surface area contributed by atoms with Crippen molar-refractivity contribution >= 4 is 11.7 Å². The van der Waals surface area contributed by atoms with Crippen LogP contribution >= 0.6 is 0 Å². The maximum absolute atomic E-state index is 11.0. The smallest absolute Gasteiger partial charge is 0.308 e. The van der Waals surface area contributed by atoms with Gasteiger partial charge < -0.3 is 5.11 Å². The number of benzene rings is 1. The molecule has 8 heteroatoms. The van der Waals surface area contributed by atoms with Crippen molar-refractivity contribution in [2.45, 2.75) is 19.4 Å². The zero-order valence-corrected chi connectivity index (χ0v) is 11.0. The van der Waals surface area contributed by atoms with Crippen LogP contribution < -0.4 is 0 Å². The number of aromatic nitrogens is 3.